The Balaban J connectivity index is 2.25. The number of fused-ring (bicyclic) bond motifs is 1. The van der Waals surface area contributed by atoms with Crippen LogP contribution in [0.2, 0.25) is 0 Å². The summed E-state index contributed by atoms with van der Waals surface area (Å²) in [5.41, 5.74) is 2.90. The van der Waals surface area contributed by atoms with E-state index in [1.54, 1.807) is 12.2 Å². The van der Waals surface area contributed by atoms with Crippen LogP contribution in [0.1, 0.15) is 18.4 Å². The molecule has 3 rings (SSSR count). The van der Waals surface area contributed by atoms with E-state index in [4.69, 9.17) is 4.42 Å². The van der Waals surface area contributed by atoms with Gasteiger partial charge in [0.05, 0.1) is 5.69 Å². The minimum Gasteiger partial charge on any atom is -0.461 e. The Morgan fingerprint density at radius 1 is 1.20 bits per heavy atom. The Labute approximate surface area is 116 Å². The first-order valence-electron chi connectivity index (χ1n) is 6.51. The predicted octanol–water partition coefficient (Wildman–Crippen LogP) is 4.34. The van der Waals surface area contributed by atoms with Crippen molar-refractivity contribution in [2.45, 2.75) is 13.8 Å². The summed E-state index contributed by atoms with van der Waals surface area (Å²) in [7, 11) is 0. The molecular weight excluding hydrogens is 250 g/mol. The van der Waals surface area contributed by atoms with Gasteiger partial charge in [0.2, 0.25) is 0 Å². The fourth-order valence-corrected chi connectivity index (χ4v) is 2.32. The van der Waals surface area contributed by atoms with Crippen molar-refractivity contribution in [3.63, 3.8) is 0 Å². The molecule has 100 valence electrons. The molecule has 2 aromatic heterocycles. The lowest BCUT2D eigenvalue weighted by Gasteiger charge is -1.97. The van der Waals surface area contributed by atoms with Crippen molar-refractivity contribution in [2.24, 2.45) is 0 Å². The number of aryl methyl sites for hydroxylation is 1. The van der Waals surface area contributed by atoms with Crippen molar-refractivity contribution in [1.82, 2.24) is 4.98 Å². The van der Waals surface area contributed by atoms with Crippen LogP contribution in [0.3, 0.4) is 0 Å². The highest BCUT2D eigenvalue weighted by Gasteiger charge is 2.14. The standard InChI is InChI=1S/C17H15NO2/c1-11(19)7-9-15-17(16-10-8-12(2)20-16)13-5-3-4-6-14(13)18-15/h3-10,18H,1-2H3/b9-7+. The van der Waals surface area contributed by atoms with Gasteiger partial charge in [-0.1, -0.05) is 18.2 Å². The van der Waals surface area contributed by atoms with E-state index in [0.717, 1.165) is 33.7 Å². The molecule has 0 fully saturated rings. The summed E-state index contributed by atoms with van der Waals surface area (Å²) in [4.78, 5) is 14.5. The molecule has 1 N–H and O–H groups in total. The van der Waals surface area contributed by atoms with Gasteiger partial charge in [-0.05, 0) is 44.2 Å². The van der Waals surface area contributed by atoms with E-state index in [1.807, 2.05) is 43.3 Å². The lowest BCUT2D eigenvalue weighted by Crippen LogP contribution is -1.82. The Bertz CT molecular complexity index is 805. The van der Waals surface area contributed by atoms with Gasteiger partial charge < -0.3 is 9.40 Å². The average molecular weight is 265 g/mol. The van der Waals surface area contributed by atoms with Gasteiger partial charge >= 0.3 is 0 Å². The van der Waals surface area contributed by atoms with Crippen LogP contribution in [0, 0.1) is 6.92 Å². The van der Waals surface area contributed by atoms with E-state index in [-0.39, 0.29) is 5.78 Å². The van der Waals surface area contributed by atoms with E-state index < -0.39 is 0 Å². The number of benzene rings is 1. The van der Waals surface area contributed by atoms with E-state index in [1.165, 1.54) is 6.92 Å². The van der Waals surface area contributed by atoms with Crippen molar-refractivity contribution < 1.29 is 9.21 Å². The van der Waals surface area contributed by atoms with Gasteiger partial charge in [0.15, 0.2) is 5.78 Å². The number of hydrogen-bond acceptors (Lipinski definition) is 2. The summed E-state index contributed by atoms with van der Waals surface area (Å²) in [5, 5.41) is 1.09. The molecular formula is C17H15NO2. The van der Waals surface area contributed by atoms with Gasteiger partial charge in [-0.25, -0.2) is 0 Å². The fraction of sp³-hybridized carbons (Fsp3) is 0.118. The summed E-state index contributed by atoms with van der Waals surface area (Å²) in [6.07, 6.45) is 3.36. The van der Waals surface area contributed by atoms with Gasteiger partial charge in [0, 0.05) is 16.5 Å². The first kappa shape index (κ1) is 12.5. The highest BCUT2D eigenvalue weighted by atomic mass is 16.3. The van der Waals surface area contributed by atoms with E-state index >= 15 is 0 Å². The molecule has 3 heteroatoms. The molecule has 20 heavy (non-hydrogen) atoms. The largest absolute Gasteiger partial charge is 0.461 e. The number of para-hydroxylation sites is 1. The molecule has 3 nitrogen and oxygen atoms in total. The van der Waals surface area contributed by atoms with Crippen molar-refractivity contribution in [2.75, 3.05) is 0 Å². The van der Waals surface area contributed by atoms with Gasteiger partial charge in [-0.3, -0.25) is 4.79 Å². The molecule has 0 atom stereocenters. The summed E-state index contributed by atoms with van der Waals surface area (Å²) < 4.78 is 5.74. The number of carbonyl (C=O) groups excluding carboxylic acids is 1. The molecule has 0 spiro atoms. The number of nitrogens with one attached hydrogen (secondary N) is 1. The monoisotopic (exact) mass is 265 g/mol. The first-order valence-corrected chi connectivity index (χ1v) is 6.51. The summed E-state index contributed by atoms with van der Waals surface area (Å²) in [6.45, 7) is 3.46. The van der Waals surface area contributed by atoms with Gasteiger partial charge in [-0.15, -0.1) is 0 Å². The molecule has 0 aliphatic rings. The predicted molar refractivity (Wildman–Crippen MR) is 80.5 cm³/mol. The minimum atomic E-state index is 0.0187. The number of hydrogen-bond donors (Lipinski definition) is 1. The van der Waals surface area contributed by atoms with Crippen molar-refractivity contribution in [3.8, 4) is 11.3 Å². The minimum absolute atomic E-state index is 0.0187. The quantitative estimate of drug-likeness (QED) is 0.716. The van der Waals surface area contributed by atoms with Crippen molar-refractivity contribution in [1.29, 1.82) is 0 Å². The molecule has 0 radical (unpaired) electrons. The van der Waals surface area contributed by atoms with E-state index in [2.05, 4.69) is 4.98 Å². The number of ketones is 1. The normalized spacial score (nSPS) is 11.5. The van der Waals surface area contributed by atoms with E-state index in [0.29, 0.717) is 0 Å². The molecule has 2 heterocycles. The maximum atomic E-state index is 11.2. The highest BCUT2D eigenvalue weighted by Crippen LogP contribution is 2.34. The van der Waals surface area contributed by atoms with Gasteiger partial charge in [-0.2, -0.15) is 0 Å². The first-order chi connectivity index (χ1) is 9.65. The third kappa shape index (κ3) is 2.18. The molecule has 3 aromatic rings. The van der Waals surface area contributed by atoms with Crippen LogP contribution >= 0.6 is 0 Å². The number of aromatic amines is 1. The van der Waals surface area contributed by atoms with Crippen molar-refractivity contribution >= 4 is 22.8 Å². The SMILES string of the molecule is CC(=O)/C=C/c1[nH]c2ccccc2c1-c1ccc(C)o1. The number of furan rings is 1. The second-order valence-corrected chi connectivity index (χ2v) is 4.81. The molecule has 0 saturated heterocycles. The number of aromatic nitrogens is 1. The maximum absolute atomic E-state index is 11.2. The Morgan fingerprint density at radius 2 is 2.00 bits per heavy atom. The Morgan fingerprint density at radius 3 is 2.70 bits per heavy atom. The van der Waals surface area contributed by atoms with Crippen LogP contribution in [0.25, 0.3) is 28.3 Å². The Hall–Kier alpha value is -2.55. The second-order valence-electron chi connectivity index (χ2n) is 4.81. The topological polar surface area (TPSA) is 46.0 Å². The molecule has 0 aliphatic heterocycles. The van der Waals surface area contributed by atoms with Gasteiger partial charge in [0.1, 0.15) is 11.5 Å². The molecule has 1 aromatic carbocycles. The average Bonchev–Trinajstić information content (AvgIpc) is 2.99. The fourth-order valence-electron chi connectivity index (χ4n) is 2.32. The van der Waals surface area contributed by atoms with Crippen LogP contribution in [0.15, 0.2) is 46.9 Å². The zero-order valence-corrected chi connectivity index (χ0v) is 11.4. The third-order valence-corrected chi connectivity index (χ3v) is 3.21. The lowest BCUT2D eigenvalue weighted by atomic mass is 10.1. The number of H-pyrrole nitrogens is 1. The zero-order valence-electron chi connectivity index (χ0n) is 11.4. The van der Waals surface area contributed by atoms with Crippen LogP contribution < -0.4 is 0 Å². The van der Waals surface area contributed by atoms with Crippen LogP contribution in [-0.2, 0) is 4.79 Å². The highest BCUT2D eigenvalue weighted by molar-refractivity contribution is 6.01. The van der Waals surface area contributed by atoms with E-state index in [9.17, 15) is 4.79 Å². The number of carbonyl (C=O) groups is 1. The summed E-state index contributed by atoms with van der Waals surface area (Å²) >= 11 is 0. The van der Waals surface area contributed by atoms with Crippen LogP contribution in [-0.4, -0.2) is 10.8 Å². The third-order valence-electron chi connectivity index (χ3n) is 3.21. The Kier molecular flexibility index (Phi) is 3.03. The number of allylic oxidation sites excluding steroid dienone is 1. The second kappa shape index (κ2) is 4.85. The maximum Gasteiger partial charge on any atom is 0.152 e. The summed E-state index contributed by atoms with van der Waals surface area (Å²) in [5.74, 6) is 1.69. The van der Waals surface area contributed by atoms with Crippen LogP contribution in [0.5, 0.6) is 0 Å². The molecule has 0 bridgehead atoms. The lowest BCUT2D eigenvalue weighted by molar-refractivity contribution is -0.112. The number of rotatable bonds is 3. The molecule has 0 amide bonds. The zero-order chi connectivity index (χ0) is 14.1. The smallest absolute Gasteiger partial charge is 0.152 e. The molecule has 0 aliphatic carbocycles. The molecule has 0 unspecified atom stereocenters. The van der Waals surface area contributed by atoms with Crippen molar-refractivity contribution in [3.05, 3.63) is 53.9 Å². The summed E-state index contributed by atoms with van der Waals surface area (Å²) in [6, 6.07) is 11.9. The van der Waals surface area contributed by atoms with Crippen LogP contribution in [0.4, 0.5) is 0 Å². The molecule has 0 saturated carbocycles. The van der Waals surface area contributed by atoms with Gasteiger partial charge in [0.25, 0.3) is 0 Å².